The van der Waals surface area contributed by atoms with Crippen molar-refractivity contribution >= 4 is 33.4 Å². The van der Waals surface area contributed by atoms with Gasteiger partial charge >= 0.3 is 0 Å². The molecule has 1 aliphatic heterocycles. The first-order chi connectivity index (χ1) is 15.0. The first-order valence-corrected chi connectivity index (χ1v) is 12.6. The van der Waals surface area contributed by atoms with Crippen LogP contribution in [0.5, 0.6) is 0 Å². The summed E-state index contributed by atoms with van der Waals surface area (Å²) in [4.78, 5) is 14.0. The lowest BCUT2D eigenvalue weighted by Crippen LogP contribution is -2.43. The third-order valence-electron chi connectivity index (χ3n) is 5.21. The highest BCUT2D eigenvalue weighted by molar-refractivity contribution is 7.99. The molecule has 1 N–H and O–H groups in total. The van der Waals surface area contributed by atoms with Crippen molar-refractivity contribution in [2.45, 2.75) is 23.1 Å². The van der Waals surface area contributed by atoms with Crippen LogP contribution in [0, 0.1) is 0 Å². The van der Waals surface area contributed by atoms with Gasteiger partial charge in [-0.25, -0.2) is 8.42 Å². The fraction of sp³-hybridized carbons (Fsp3) is 0.208. The Labute approximate surface area is 187 Å². The monoisotopic (exact) mass is 452 g/mol. The molecule has 0 radical (unpaired) electrons. The average molecular weight is 453 g/mol. The number of hydrogen-bond acceptors (Lipinski definition) is 4. The molecule has 7 heteroatoms. The number of hydrogen-bond donors (Lipinski definition) is 1. The predicted octanol–water partition coefficient (Wildman–Crippen LogP) is 4.33. The molecule has 1 amide bonds. The van der Waals surface area contributed by atoms with Crippen molar-refractivity contribution in [2.24, 2.45) is 0 Å². The normalized spacial score (nSPS) is 13.9. The Balaban J connectivity index is 1.52. The Kier molecular flexibility index (Phi) is 6.34. The van der Waals surface area contributed by atoms with Crippen LogP contribution >= 0.6 is 11.8 Å². The number of thioether (sulfide) groups is 1. The zero-order valence-corrected chi connectivity index (χ0v) is 18.9. The fourth-order valence-corrected chi connectivity index (χ4v) is 6.07. The van der Waals surface area contributed by atoms with Gasteiger partial charge in [-0.3, -0.25) is 9.10 Å². The van der Waals surface area contributed by atoms with E-state index in [-0.39, 0.29) is 17.3 Å². The number of carbonyl (C=O) groups is 1. The van der Waals surface area contributed by atoms with E-state index in [4.69, 9.17) is 0 Å². The average Bonchev–Trinajstić information content (AvgIpc) is 2.80. The van der Waals surface area contributed by atoms with Crippen LogP contribution in [0.2, 0.25) is 0 Å². The van der Waals surface area contributed by atoms with E-state index in [1.165, 1.54) is 4.31 Å². The summed E-state index contributed by atoms with van der Waals surface area (Å²) in [6.07, 6.45) is 0.849. The molecule has 3 aromatic rings. The molecule has 0 spiro atoms. The number of benzene rings is 3. The summed E-state index contributed by atoms with van der Waals surface area (Å²) in [5.41, 5.74) is 3.20. The Hall–Kier alpha value is -2.77. The smallest absolute Gasteiger partial charge is 0.265 e. The summed E-state index contributed by atoms with van der Waals surface area (Å²) in [6, 6.07) is 22.7. The van der Waals surface area contributed by atoms with Gasteiger partial charge in [0, 0.05) is 28.3 Å². The van der Waals surface area contributed by atoms with Gasteiger partial charge in [0.25, 0.3) is 10.0 Å². The molecule has 0 saturated carbocycles. The second kappa shape index (κ2) is 9.16. The number of nitrogens with one attached hydrogen (secondary N) is 1. The Morgan fingerprint density at radius 3 is 2.48 bits per heavy atom. The number of aryl methyl sites for hydroxylation is 1. The Morgan fingerprint density at radius 2 is 1.71 bits per heavy atom. The molecule has 4 rings (SSSR count). The SMILES string of the molecule is CCc1ccc2c(c1)-c1ccccc1S(=O)(=O)N2CC(=O)NCCSc1ccccc1. The number of amides is 1. The van der Waals surface area contributed by atoms with Crippen molar-refractivity contribution in [2.75, 3.05) is 23.1 Å². The number of sulfonamides is 1. The van der Waals surface area contributed by atoms with Gasteiger partial charge in [0.15, 0.2) is 0 Å². The molecule has 160 valence electrons. The first-order valence-electron chi connectivity index (χ1n) is 10.2. The molecule has 31 heavy (non-hydrogen) atoms. The number of fused-ring (bicyclic) bond motifs is 3. The third kappa shape index (κ3) is 4.48. The lowest BCUT2D eigenvalue weighted by molar-refractivity contribution is -0.119. The standard InChI is InChI=1S/C24H24N2O3S2/c1-2-18-12-13-22-21(16-18)20-10-6-7-11-23(20)31(28,29)26(22)17-24(27)25-14-15-30-19-8-4-3-5-9-19/h3-13,16H,2,14-15,17H2,1H3,(H,25,27). The highest BCUT2D eigenvalue weighted by Gasteiger charge is 2.35. The molecular formula is C24H24N2O3S2. The summed E-state index contributed by atoms with van der Waals surface area (Å²) in [5.74, 6) is 0.393. The maximum atomic E-state index is 13.3. The zero-order chi connectivity index (χ0) is 21.8. The Bertz CT molecular complexity index is 1190. The molecule has 1 heterocycles. The molecule has 0 bridgehead atoms. The van der Waals surface area contributed by atoms with Crippen molar-refractivity contribution in [3.63, 3.8) is 0 Å². The molecule has 3 aromatic carbocycles. The zero-order valence-electron chi connectivity index (χ0n) is 17.2. The third-order valence-corrected chi connectivity index (χ3v) is 8.04. The van der Waals surface area contributed by atoms with Crippen molar-refractivity contribution in [1.29, 1.82) is 0 Å². The minimum atomic E-state index is -3.82. The van der Waals surface area contributed by atoms with Gasteiger partial charge in [-0.1, -0.05) is 49.4 Å². The van der Waals surface area contributed by atoms with Crippen LogP contribution in [-0.2, 0) is 21.2 Å². The molecule has 0 unspecified atom stereocenters. The van der Waals surface area contributed by atoms with E-state index in [0.29, 0.717) is 23.5 Å². The van der Waals surface area contributed by atoms with Crippen LogP contribution in [0.15, 0.2) is 82.6 Å². The quantitative estimate of drug-likeness (QED) is 0.428. The second-order valence-electron chi connectivity index (χ2n) is 7.22. The van der Waals surface area contributed by atoms with Gasteiger partial charge < -0.3 is 5.32 Å². The lowest BCUT2D eigenvalue weighted by Gasteiger charge is -2.32. The number of anilines is 1. The van der Waals surface area contributed by atoms with Gasteiger partial charge in [0.2, 0.25) is 5.91 Å². The van der Waals surface area contributed by atoms with Crippen molar-refractivity contribution in [3.8, 4) is 11.1 Å². The van der Waals surface area contributed by atoms with Crippen LogP contribution in [0.1, 0.15) is 12.5 Å². The number of rotatable bonds is 7. The summed E-state index contributed by atoms with van der Waals surface area (Å²) in [6.45, 7) is 2.28. The summed E-state index contributed by atoms with van der Waals surface area (Å²) in [5, 5.41) is 2.85. The predicted molar refractivity (Wildman–Crippen MR) is 126 cm³/mol. The van der Waals surface area contributed by atoms with Crippen molar-refractivity contribution in [1.82, 2.24) is 5.32 Å². The lowest BCUT2D eigenvalue weighted by atomic mass is 9.99. The van der Waals surface area contributed by atoms with Gasteiger partial charge in [0.05, 0.1) is 10.6 Å². The fourth-order valence-electron chi connectivity index (χ4n) is 3.63. The molecule has 0 atom stereocenters. The summed E-state index contributed by atoms with van der Waals surface area (Å²) >= 11 is 1.65. The minimum Gasteiger partial charge on any atom is -0.354 e. The van der Waals surface area contributed by atoms with Gasteiger partial charge in [0.1, 0.15) is 6.54 Å². The van der Waals surface area contributed by atoms with Gasteiger partial charge in [-0.05, 0) is 42.3 Å². The molecule has 5 nitrogen and oxygen atoms in total. The molecular weight excluding hydrogens is 428 g/mol. The van der Waals surface area contributed by atoms with Gasteiger partial charge in [-0.15, -0.1) is 11.8 Å². The van der Waals surface area contributed by atoms with E-state index in [1.807, 2.05) is 54.6 Å². The first kappa shape index (κ1) is 21.5. The minimum absolute atomic E-state index is 0.239. The molecule has 1 aliphatic rings. The van der Waals surface area contributed by atoms with Gasteiger partial charge in [-0.2, -0.15) is 0 Å². The maximum Gasteiger partial charge on any atom is 0.265 e. The molecule has 0 aromatic heterocycles. The number of nitrogens with zero attached hydrogens (tertiary/aromatic N) is 1. The van der Waals surface area contributed by atoms with Crippen LogP contribution < -0.4 is 9.62 Å². The van der Waals surface area contributed by atoms with E-state index in [0.717, 1.165) is 22.4 Å². The van der Waals surface area contributed by atoms with E-state index in [9.17, 15) is 13.2 Å². The van der Waals surface area contributed by atoms with Crippen LogP contribution in [0.25, 0.3) is 11.1 Å². The summed E-state index contributed by atoms with van der Waals surface area (Å²) in [7, 11) is -3.82. The highest BCUT2D eigenvalue weighted by atomic mass is 32.2. The molecule has 0 aliphatic carbocycles. The van der Waals surface area contributed by atoms with E-state index < -0.39 is 10.0 Å². The van der Waals surface area contributed by atoms with Crippen molar-refractivity contribution < 1.29 is 13.2 Å². The largest absolute Gasteiger partial charge is 0.354 e. The molecule has 0 fully saturated rings. The second-order valence-corrected chi connectivity index (χ2v) is 10.2. The number of carbonyl (C=O) groups excluding carboxylic acids is 1. The van der Waals surface area contributed by atoms with Crippen LogP contribution in [-0.4, -0.2) is 33.2 Å². The maximum absolute atomic E-state index is 13.3. The highest BCUT2D eigenvalue weighted by Crippen LogP contribution is 2.43. The molecule has 0 saturated heterocycles. The summed E-state index contributed by atoms with van der Waals surface area (Å²) < 4.78 is 27.9. The van der Waals surface area contributed by atoms with E-state index >= 15 is 0 Å². The topological polar surface area (TPSA) is 66.5 Å². The van der Waals surface area contributed by atoms with E-state index in [1.54, 1.807) is 30.0 Å². The van der Waals surface area contributed by atoms with Crippen molar-refractivity contribution in [3.05, 3.63) is 78.4 Å². The Morgan fingerprint density at radius 1 is 0.968 bits per heavy atom. The van der Waals surface area contributed by atoms with E-state index in [2.05, 4.69) is 12.2 Å². The van der Waals surface area contributed by atoms with Crippen LogP contribution in [0.3, 0.4) is 0 Å². The van der Waals surface area contributed by atoms with Crippen LogP contribution in [0.4, 0.5) is 5.69 Å².